The molecule has 0 radical (unpaired) electrons. The van der Waals surface area contributed by atoms with Crippen molar-refractivity contribution < 1.29 is 17.5 Å². The van der Waals surface area contributed by atoms with E-state index in [4.69, 9.17) is 17.5 Å². The molecule has 0 N–H and O–H groups in total. The largest absolute Gasteiger partial charge is 2.00 e. The van der Waals surface area contributed by atoms with Crippen LogP contribution in [0, 0.1) is 0 Å². The van der Waals surface area contributed by atoms with Crippen LogP contribution in [-0.2, 0) is 10.4 Å². The van der Waals surface area contributed by atoms with E-state index in [0.29, 0.717) is 0 Å². The molecule has 0 heterocycles. The van der Waals surface area contributed by atoms with E-state index in [1.54, 1.807) is 0 Å². The molecule has 0 saturated carbocycles. The zero-order valence-corrected chi connectivity index (χ0v) is 4.98. The van der Waals surface area contributed by atoms with Crippen molar-refractivity contribution in [2.24, 2.45) is 0 Å². The van der Waals surface area contributed by atoms with E-state index in [1.807, 2.05) is 0 Å². The molecule has 0 unspecified atom stereocenters. The van der Waals surface area contributed by atoms with Crippen LogP contribution < -0.4 is 0 Å². The van der Waals surface area contributed by atoms with Crippen LogP contribution in [0.25, 0.3) is 0 Å². The zero-order valence-electron chi connectivity index (χ0n) is 2.75. The molecule has 6 heteroatoms. The van der Waals surface area contributed by atoms with Crippen molar-refractivity contribution in [2.75, 3.05) is 0 Å². The Morgan fingerprint density at radius 2 is 1.14 bits per heavy atom. The van der Waals surface area contributed by atoms with Gasteiger partial charge >= 0.3 is 23.1 Å². The zero-order chi connectivity index (χ0) is 4.50. The number of hydrogen-bond donors (Lipinski definition) is 0. The van der Waals surface area contributed by atoms with Gasteiger partial charge in [-0.3, -0.25) is 8.42 Å². The monoisotopic (exact) mass is 136 g/mol. The van der Waals surface area contributed by atoms with E-state index in [0.717, 1.165) is 0 Å². The number of rotatable bonds is 0. The third kappa shape index (κ3) is 352. The quantitative estimate of drug-likeness (QED) is 0.241. The van der Waals surface area contributed by atoms with Gasteiger partial charge in [0.2, 0.25) is 0 Å². The third-order valence-corrected chi connectivity index (χ3v) is 0. The molecule has 0 fully saturated rings. The fourth-order valence-corrected chi connectivity index (χ4v) is 0. The second-order valence-corrected chi connectivity index (χ2v) is 1.22. The summed E-state index contributed by atoms with van der Waals surface area (Å²) in [6.07, 6.45) is 0. The molecule has 0 atom stereocenters. The maximum atomic E-state index is 8.52. The van der Waals surface area contributed by atoms with Crippen LogP contribution in [0.5, 0.6) is 0 Å². The molecular weight excluding hydrogens is 132 g/mol. The third-order valence-electron chi connectivity index (χ3n) is 0. The normalized spacial score (nSPS) is 8.29. The molecule has 0 aromatic heterocycles. The second kappa shape index (κ2) is 4.79. The van der Waals surface area contributed by atoms with Crippen LogP contribution >= 0.6 is 0 Å². The standard InChI is InChI=1S/CH4.Mg.H2O4S/c;;1-5(2,3)4/h1H4;;(H2,1,2,3,4)/q;+2;/p-2. The first-order valence-corrected chi connectivity index (χ1v) is 2.00. The number of hydrogen-bond acceptors (Lipinski definition) is 4. The van der Waals surface area contributed by atoms with Gasteiger partial charge in [-0.1, -0.05) is 7.43 Å². The Morgan fingerprint density at radius 1 is 1.14 bits per heavy atom. The summed E-state index contributed by atoms with van der Waals surface area (Å²) in [5.41, 5.74) is 0. The van der Waals surface area contributed by atoms with Crippen LogP contribution in [-0.4, -0.2) is 40.6 Å². The van der Waals surface area contributed by atoms with Crippen molar-refractivity contribution in [2.45, 2.75) is 7.43 Å². The molecule has 7 heavy (non-hydrogen) atoms. The van der Waals surface area contributed by atoms with Gasteiger partial charge in [-0.2, -0.15) is 0 Å². The molecule has 0 saturated heterocycles. The minimum atomic E-state index is -5.17. The van der Waals surface area contributed by atoms with Crippen LogP contribution in [0.4, 0.5) is 0 Å². The van der Waals surface area contributed by atoms with Crippen molar-refractivity contribution >= 4 is 33.5 Å². The van der Waals surface area contributed by atoms with Crippen molar-refractivity contribution in [1.82, 2.24) is 0 Å². The van der Waals surface area contributed by atoms with Crippen LogP contribution in [0.1, 0.15) is 7.43 Å². The molecule has 40 valence electrons. The van der Waals surface area contributed by atoms with Gasteiger partial charge in [-0.05, 0) is 0 Å². The molecule has 0 spiro atoms. The maximum Gasteiger partial charge on any atom is 2.00 e. The van der Waals surface area contributed by atoms with Gasteiger partial charge < -0.3 is 9.11 Å². The summed E-state index contributed by atoms with van der Waals surface area (Å²) >= 11 is 0. The van der Waals surface area contributed by atoms with Crippen LogP contribution in [0.2, 0.25) is 0 Å². The van der Waals surface area contributed by atoms with Crippen molar-refractivity contribution in [1.29, 1.82) is 0 Å². The van der Waals surface area contributed by atoms with E-state index < -0.39 is 10.4 Å². The molecule has 0 aliphatic carbocycles. The maximum absolute atomic E-state index is 8.52. The summed E-state index contributed by atoms with van der Waals surface area (Å²) < 4.78 is 34.1. The minimum absolute atomic E-state index is 0. The molecule has 0 aliphatic heterocycles. The van der Waals surface area contributed by atoms with Gasteiger partial charge in [-0.15, -0.1) is 0 Å². The molecule has 4 nitrogen and oxygen atoms in total. The Labute approximate surface area is 58.6 Å². The Morgan fingerprint density at radius 3 is 1.14 bits per heavy atom. The van der Waals surface area contributed by atoms with E-state index >= 15 is 0 Å². The summed E-state index contributed by atoms with van der Waals surface area (Å²) in [6, 6.07) is 0. The summed E-state index contributed by atoms with van der Waals surface area (Å²) in [6.45, 7) is 0. The van der Waals surface area contributed by atoms with Crippen LogP contribution in [0.3, 0.4) is 0 Å². The Bertz CT molecular complexity index is 94.9. The smallest absolute Gasteiger partial charge is 0.759 e. The van der Waals surface area contributed by atoms with Crippen LogP contribution in [0.15, 0.2) is 0 Å². The van der Waals surface area contributed by atoms with E-state index in [2.05, 4.69) is 0 Å². The Kier molecular flexibility index (Phi) is 10.7. The van der Waals surface area contributed by atoms with Gasteiger partial charge in [0.25, 0.3) is 0 Å². The summed E-state index contributed by atoms with van der Waals surface area (Å²) in [7, 11) is -5.17. The summed E-state index contributed by atoms with van der Waals surface area (Å²) in [4.78, 5) is 0. The fraction of sp³-hybridized carbons (Fsp3) is 1.00. The average molecular weight is 136 g/mol. The van der Waals surface area contributed by atoms with Crippen molar-refractivity contribution in [3.63, 3.8) is 0 Å². The summed E-state index contributed by atoms with van der Waals surface area (Å²) in [5, 5.41) is 0. The van der Waals surface area contributed by atoms with Crippen molar-refractivity contribution in [3.05, 3.63) is 0 Å². The molecule has 0 aromatic carbocycles. The van der Waals surface area contributed by atoms with Gasteiger partial charge in [0.15, 0.2) is 0 Å². The van der Waals surface area contributed by atoms with E-state index in [-0.39, 0.29) is 30.5 Å². The van der Waals surface area contributed by atoms with E-state index in [1.165, 1.54) is 0 Å². The fourth-order valence-electron chi connectivity index (χ4n) is 0. The molecule has 0 rings (SSSR count). The minimum Gasteiger partial charge on any atom is -0.759 e. The second-order valence-electron chi connectivity index (χ2n) is 0.408. The van der Waals surface area contributed by atoms with Gasteiger partial charge in [0.05, 0.1) is 0 Å². The van der Waals surface area contributed by atoms with Gasteiger partial charge in [0.1, 0.15) is 0 Å². The Balaban J connectivity index is -0.0000000800. The topological polar surface area (TPSA) is 80.3 Å². The summed E-state index contributed by atoms with van der Waals surface area (Å²) in [5.74, 6) is 0. The SMILES string of the molecule is C.O=S(=O)([O-])[O-].[Mg+2]. The molecule has 0 amide bonds. The molecular formula is CH4MgO4S. The van der Waals surface area contributed by atoms with E-state index in [9.17, 15) is 0 Å². The molecule has 0 bridgehead atoms. The average Bonchev–Trinajstić information content (AvgIpc) is 0.722. The Hall–Kier alpha value is 0.636. The van der Waals surface area contributed by atoms with Gasteiger partial charge in [0, 0.05) is 10.4 Å². The van der Waals surface area contributed by atoms with Gasteiger partial charge in [-0.25, -0.2) is 0 Å². The first-order chi connectivity index (χ1) is 2.00. The first-order valence-electron chi connectivity index (χ1n) is 0.667. The first kappa shape index (κ1) is 15.6. The predicted octanol–water partition coefficient (Wildman–Crippen LogP) is -1.08. The molecule has 0 aromatic rings. The predicted molar refractivity (Wildman–Crippen MR) is 23.0 cm³/mol. The molecule has 0 aliphatic rings. The van der Waals surface area contributed by atoms with Crippen molar-refractivity contribution in [3.8, 4) is 0 Å².